The summed E-state index contributed by atoms with van der Waals surface area (Å²) >= 11 is 1.65. The maximum atomic E-state index is 12.6. The second-order valence-corrected chi connectivity index (χ2v) is 7.97. The molecule has 1 atom stereocenters. The van der Waals surface area contributed by atoms with Crippen molar-refractivity contribution in [1.82, 2.24) is 0 Å². The Bertz CT molecular complexity index is 1130. The maximum absolute atomic E-state index is 12.6. The molecule has 1 aliphatic heterocycles. The van der Waals surface area contributed by atoms with E-state index >= 15 is 0 Å². The fourth-order valence-corrected chi connectivity index (χ4v) is 4.89. The Kier molecular flexibility index (Phi) is 6.15. The van der Waals surface area contributed by atoms with Crippen LogP contribution in [0.4, 0.5) is 5.69 Å². The van der Waals surface area contributed by atoms with Gasteiger partial charge in [-0.1, -0.05) is 24.1 Å². The number of amides is 1. The zero-order chi connectivity index (χ0) is 21.8. The molecule has 1 aliphatic rings. The normalized spacial score (nSPS) is 14.9. The third kappa shape index (κ3) is 4.23. The molecule has 0 unspecified atom stereocenters. The van der Waals surface area contributed by atoms with Gasteiger partial charge in [0.2, 0.25) is 5.91 Å². The number of hydrogen-bond donors (Lipinski definition) is 1. The number of ether oxygens (including phenoxy) is 3. The Morgan fingerprint density at radius 3 is 2.68 bits per heavy atom. The molecule has 1 amide bonds. The standard InChI is InChI=1S/C25H23NO4S/c1-4-12-30-21-11-8-17(13-22(21)29-5-2)19-14-23(27)26-24-20(15-31-25(19)24)16-6-9-18(28-3)10-7-16/h1,6-11,13,15,19H,5,12,14H2,2-3H3,(H,26,27)/t19-/m0/s1. The van der Waals surface area contributed by atoms with E-state index in [9.17, 15) is 4.79 Å². The predicted molar refractivity (Wildman–Crippen MR) is 123 cm³/mol. The van der Waals surface area contributed by atoms with Crippen LogP contribution in [0.25, 0.3) is 11.1 Å². The van der Waals surface area contributed by atoms with Gasteiger partial charge in [0.15, 0.2) is 11.5 Å². The van der Waals surface area contributed by atoms with Gasteiger partial charge in [-0.3, -0.25) is 4.79 Å². The topological polar surface area (TPSA) is 56.8 Å². The molecular weight excluding hydrogens is 410 g/mol. The van der Waals surface area contributed by atoms with Crippen LogP contribution in [0.3, 0.4) is 0 Å². The summed E-state index contributed by atoms with van der Waals surface area (Å²) in [6, 6.07) is 13.6. The Hall–Kier alpha value is -3.43. The first kappa shape index (κ1) is 20.8. The molecule has 158 valence electrons. The van der Waals surface area contributed by atoms with E-state index < -0.39 is 0 Å². The molecule has 31 heavy (non-hydrogen) atoms. The van der Waals surface area contributed by atoms with E-state index in [1.54, 1.807) is 18.4 Å². The van der Waals surface area contributed by atoms with Crippen molar-refractivity contribution >= 4 is 22.9 Å². The van der Waals surface area contributed by atoms with E-state index in [0.717, 1.165) is 33.0 Å². The summed E-state index contributed by atoms with van der Waals surface area (Å²) in [5, 5.41) is 5.17. The van der Waals surface area contributed by atoms with E-state index in [1.165, 1.54) is 0 Å². The van der Waals surface area contributed by atoms with Crippen molar-refractivity contribution < 1.29 is 19.0 Å². The van der Waals surface area contributed by atoms with Crippen LogP contribution >= 0.6 is 11.3 Å². The van der Waals surface area contributed by atoms with Gasteiger partial charge in [0.25, 0.3) is 0 Å². The number of carbonyl (C=O) groups excluding carboxylic acids is 1. The van der Waals surface area contributed by atoms with Crippen LogP contribution in [-0.4, -0.2) is 26.2 Å². The van der Waals surface area contributed by atoms with Crippen molar-refractivity contribution in [3.8, 4) is 40.7 Å². The molecule has 3 aromatic rings. The van der Waals surface area contributed by atoms with Gasteiger partial charge in [-0.2, -0.15) is 0 Å². The fraction of sp³-hybridized carbons (Fsp3) is 0.240. The fourth-order valence-electron chi connectivity index (χ4n) is 3.73. The Balaban J connectivity index is 1.72. The first-order chi connectivity index (χ1) is 15.1. The summed E-state index contributed by atoms with van der Waals surface area (Å²) in [4.78, 5) is 13.7. The zero-order valence-electron chi connectivity index (χ0n) is 17.4. The second-order valence-electron chi connectivity index (χ2n) is 7.05. The molecule has 0 fully saturated rings. The second kappa shape index (κ2) is 9.15. The summed E-state index contributed by atoms with van der Waals surface area (Å²) in [5.41, 5.74) is 3.93. The van der Waals surface area contributed by atoms with Crippen LogP contribution in [0, 0.1) is 12.3 Å². The van der Waals surface area contributed by atoms with E-state index in [-0.39, 0.29) is 18.4 Å². The zero-order valence-corrected chi connectivity index (χ0v) is 18.3. The number of benzene rings is 2. The highest BCUT2D eigenvalue weighted by Crippen LogP contribution is 2.47. The molecule has 6 heteroatoms. The quantitative estimate of drug-likeness (QED) is 0.513. The average molecular weight is 434 g/mol. The molecule has 1 N–H and O–H groups in total. The summed E-state index contributed by atoms with van der Waals surface area (Å²) in [6.45, 7) is 2.60. The van der Waals surface area contributed by atoms with Gasteiger partial charge in [-0.25, -0.2) is 0 Å². The number of methoxy groups -OCH3 is 1. The lowest BCUT2D eigenvalue weighted by molar-refractivity contribution is -0.116. The minimum absolute atomic E-state index is 0.00344. The molecule has 0 saturated heterocycles. The monoisotopic (exact) mass is 433 g/mol. The SMILES string of the molecule is C#CCOc1ccc([C@@H]2CC(=O)Nc3c(-c4ccc(OC)cc4)csc32)cc1OCC. The number of carbonyl (C=O) groups is 1. The Morgan fingerprint density at radius 2 is 1.97 bits per heavy atom. The van der Waals surface area contributed by atoms with Crippen molar-refractivity contribution in [2.24, 2.45) is 0 Å². The highest BCUT2D eigenvalue weighted by atomic mass is 32.1. The molecule has 1 aromatic heterocycles. The first-order valence-corrected chi connectivity index (χ1v) is 10.9. The lowest BCUT2D eigenvalue weighted by atomic mass is 9.89. The number of thiophene rings is 1. The summed E-state index contributed by atoms with van der Waals surface area (Å²) in [5.74, 6) is 4.45. The maximum Gasteiger partial charge on any atom is 0.225 e. The number of hydrogen-bond acceptors (Lipinski definition) is 5. The number of anilines is 1. The van der Waals surface area contributed by atoms with Crippen molar-refractivity contribution in [3.05, 3.63) is 58.3 Å². The van der Waals surface area contributed by atoms with Crippen LogP contribution in [0.2, 0.25) is 0 Å². The van der Waals surface area contributed by atoms with E-state index in [0.29, 0.717) is 24.5 Å². The molecule has 2 heterocycles. The van der Waals surface area contributed by atoms with Gasteiger partial charge in [-0.05, 0) is 42.3 Å². The molecular formula is C25H23NO4S. The highest BCUT2D eigenvalue weighted by molar-refractivity contribution is 7.11. The van der Waals surface area contributed by atoms with E-state index in [2.05, 4.69) is 16.6 Å². The minimum Gasteiger partial charge on any atom is -0.497 e. The van der Waals surface area contributed by atoms with Crippen LogP contribution in [-0.2, 0) is 4.79 Å². The van der Waals surface area contributed by atoms with Crippen molar-refractivity contribution in [2.75, 3.05) is 25.6 Å². The summed E-state index contributed by atoms with van der Waals surface area (Å²) < 4.78 is 16.6. The van der Waals surface area contributed by atoms with Gasteiger partial charge in [-0.15, -0.1) is 17.8 Å². The lowest BCUT2D eigenvalue weighted by Gasteiger charge is -2.24. The third-order valence-electron chi connectivity index (χ3n) is 5.17. The predicted octanol–water partition coefficient (Wildman–Crippen LogP) is 5.31. The summed E-state index contributed by atoms with van der Waals surface area (Å²) in [6.07, 6.45) is 5.70. The van der Waals surface area contributed by atoms with Gasteiger partial charge in [0.1, 0.15) is 12.4 Å². The van der Waals surface area contributed by atoms with Crippen LogP contribution in [0.5, 0.6) is 17.2 Å². The molecule has 5 nitrogen and oxygen atoms in total. The number of fused-ring (bicyclic) bond motifs is 1. The molecule has 0 radical (unpaired) electrons. The van der Waals surface area contributed by atoms with E-state index in [1.807, 2.05) is 49.4 Å². The largest absolute Gasteiger partial charge is 0.497 e. The Morgan fingerprint density at radius 1 is 1.16 bits per heavy atom. The van der Waals surface area contributed by atoms with Crippen molar-refractivity contribution in [2.45, 2.75) is 19.3 Å². The molecule has 0 saturated carbocycles. The molecule has 0 bridgehead atoms. The lowest BCUT2D eigenvalue weighted by Crippen LogP contribution is -2.22. The smallest absolute Gasteiger partial charge is 0.225 e. The van der Waals surface area contributed by atoms with Gasteiger partial charge in [0.05, 0.1) is 19.4 Å². The Labute approximate surface area is 186 Å². The third-order valence-corrected chi connectivity index (χ3v) is 6.27. The van der Waals surface area contributed by atoms with Gasteiger partial charge in [0, 0.05) is 28.2 Å². The number of rotatable bonds is 7. The van der Waals surface area contributed by atoms with Gasteiger partial charge < -0.3 is 19.5 Å². The van der Waals surface area contributed by atoms with Crippen molar-refractivity contribution in [3.63, 3.8) is 0 Å². The molecule has 4 rings (SSSR count). The molecule has 0 aliphatic carbocycles. The number of nitrogens with one attached hydrogen (secondary N) is 1. The highest BCUT2D eigenvalue weighted by Gasteiger charge is 2.31. The van der Waals surface area contributed by atoms with Crippen LogP contribution < -0.4 is 19.5 Å². The van der Waals surface area contributed by atoms with Crippen molar-refractivity contribution in [1.29, 1.82) is 0 Å². The van der Waals surface area contributed by atoms with E-state index in [4.69, 9.17) is 20.6 Å². The van der Waals surface area contributed by atoms with Crippen LogP contribution in [0.15, 0.2) is 47.8 Å². The van der Waals surface area contributed by atoms with Gasteiger partial charge >= 0.3 is 0 Å². The van der Waals surface area contributed by atoms with Crippen LogP contribution in [0.1, 0.15) is 29.7 Å². The molecule has 2 aromatic carbocycles. The minimum atomic E-state index is -0.0540. The summed E-state index contributed by atoms with van der Waals surface area (Å²) in [7, 11) is 1.64. The average Bonchev–Trinajstić information content (AvgIpc) is 3.21. The molecule has 0 spiro atoms. The first-order valence-electron chi connectivity index (χ1n) is 10.0. The number of terminal acetylenes is 1.